The van der Waals surface area contributed by atoms with Crippen molar-refractivity contribution in [2.45, 2.75) is 6.54 Å². The van der Waals surface area contributed by atoms with Gasteiger partial charge < -0.3 is 16.2 Å². The number of carbonyl (C=O) groups excluding carboxylic acids is 1. The second kappa shape index (κ2) is 5.45. The Kier molecular flexibility index (Phi) is 3.72. The number of halogens is 1. The summed E-state index contributed by atoms with van der Waals surface area (Å²) >= 11 is 0. The number of pyridine rings is 1. The highest BCUT2D eigenvalue weighted by Crippen LogP contribution is 2.25. The van der Waals surface area contributed by atoms with E-state index in [1.165, 1.54) is 30.5 Å². The summed E-state index contributed by atoms with van der Waals surface area (Å²) in [6.45, 7) is 0.248. The lowest BCUT2D eigenvalue weighted by atomic mass is 10.2. The van der Waals surface area contributed by atoms with Gasteiger partial charge in [-0.05, 0) is 23.8 Å². The van der Waals surface area contributed by atoms with E-state index < -0.39 is 11.7 Å². The summed E-state index contributed by atoms with van der Waals surface area (Å²) in [7, 11) is 0. The van der Waals surface area contributed by atoms with Crippen molar-refractivity contribution in [3.63, 3.8) is 0 Å². The summed E-state index contributed by atoms with van der Waals surface area (Å²) in [4.78, 5) is 14.7. The second-order valence-electron chi connectivity index (χ2n) is 3.81. The summed E-state index contributed by atoms with van der Waals surface area (Å²) < 4.78 is 19.0. The first kappa shape index (κ1) is 13.0. The number of amides is 1. The Morgan fingerprint density at radius 1 is 1.32 bits per heavy atom. The predicted octanol–water partition coefficient (Wildman–Crippen LogP) is 1.57. The summed E-state index contributed by atoms with van der Waals surface area (Å²) in [6, 6.07) is 7.28. The van der Waals surface area contributed by atoms with Crippen LogP contribution in [0.15, 0.2) is 36.5 Å². The molecule has 5 nitrogen and oxygen atoms in total. The number of nitrogens with two attached hydrogens (primary N) is 2. The van der Waals surface area contributed by atoms with E-state index in [1.54, 1.807) is 6.07 Å². The second-order valence-corrected chi connectivity index (χ2v) is 3.81. The zero-order valence-corrected chi connectivity index (χ0v) is 9.97. The lowest BCUT2D eigenvalue weighted by molar-refractivity contribution is 0.0995. The van der Waals surface area contributed by atoms with Crippen molar-refractivity contribution in [2.75, 3.05) is 0 Å². The van der Waals surface area contributed by atoms with Gasteiger partial charge >= 0.3 is 0 Å². The van der Waals surface area contributed by atoms with Crippen molar-refractivity contribution < 1.29 is 13.9 Å². The molecule has 0 aliphatic heterocycles. The molecule has 0 atom stereocenters. The highest BCUT2D eigenvalue weighted by molar-refractivity contribution is 5.91. The van der Waals surface area contributed by atoms with Gasteiger partial charge in [0.1, 0.15) is 11.4 Å². The summed E-state index contributed by atoms with van der Waals surface area (Å²) in [5.41, 5.74) is 11.2. The van der Waals surface area contributed by atoms with Crippen LogP contribution in [-0.2, 0) is 6.54 Å². The lowest BCUT2D eigenvalue weighted by Crippen LogP contribution is -2.12. The molecule has 0 saturated heterocycles. The van der Waals surface area contributed by atoms with Crippen molar-refractivity contribution in [1.29, 1.82) is 0 Å². The van der Waals surface area contributed by atoms with E-state index in [4.69, 9.17) is 16.2 Å². The van der Waals surface area contributed by atoms with Crippen LogP contribution in [0, 0.1) is 5.82 Å². The van der Waals surface area contributed by atoms with Crippen LogP contribution < -0.4 is 16.2 Å². The number of primary amides is 1. The molecule has 1 aromatic heterocycles. The molecule has 0 aliphatic rings. The molecule has 4 N–H and O–H groups in total. The Hall–Kier alpha value is -2.47. The SMILES string of the molecule is NCc1ccc(Oc2ccnc(C(N)=O)c2)c(F)c1. The van der Waals surface area contributed by atoms with Crippen molar-refractivity contribution in [3.8, 4) is 11.5 Å². The molecule has 0 aliphatic carbocycles. The molecule has 0 saturated carbocycles. The van der Waals surface area contributed by atoms with Gasteiger partial charge in [0.15, 0.2) is 11.6 Å². The number of ether oxygens (including phenoxy) is 1. The van der Waals surface area contributed by atoms with E-state index in [0.717, 1.165) is 0 Å². The summed E-state index contributed by atoms with van der Waals surface area (Å²) in [5.74, 6) is -0.883. The minimum Gasteiger partial charge on any atom is -0.454 e. The van der Waals surface area contributed by atoms with Crippen molar-refractivity contribution in [1.82, 2.24) is 4.98 Å². The van der Waals surface area contributed by atoms with Gasteiger partial charge in [-0.2, -0.15) is 0 Å². The first-order chi connectivity index (χ1) is 9.10. The largest absolute Gasteiger partial charge is 0.454 e. The first-order valence-corrected chi connectivity index (χ1v) is 5.52. The van der Waals surface area contributed by atoms with Crippen LogP contribution in [-0.4, -0.2) is 10.9 Å². The van der Waals surface area contributed by atoms with Crippen LogP contribution in [0.1, 0.15) is 16.1 Å². The van der Waals surface area contributed by atoms with Gasteiger partial charge in [0, 0.05) is 18.8 Å². The van der Waals surface area contributed by atoms with E-state index in [9.17, 15) is 9.18 Å². The van der Waals surface area contributed by atoms with Crippen LogP contribution in [0.25, 0.3) is 0 Å². The van der Waals surface area contributed by atoms with Gasteiger partial charge in [-0.1, -0.05) is 6.07 Å². The zero-order chi connectivity index (χ0) is 13.8. The van der Waals surface area contributed by atoms with Crippen molar-refractivity contribution in [2.24, 2.45) is 11.5 Å². The molecule has 2 rings (SSSR count). The molecule has 0 unspecified atom stereocenters. The van der Waals surface area contributed by atoms with Gasteiger partial charge in [-0.25, -0.2) is 4.39 Å². The molecule has 0 radical (unpaired) electrons. The molecule has 0 fully saturated rings. The zero-order valence-electron chi connectivity index (χ0n) is 9.97. The maximum Gasteiger partial charge on any atom is 0.267 e. The normalized spacial score (nSPS) is 10.2. The molecule has 0 bridgehead atoms. The number of carbonyl (C=O) groups is 1. The minimum absolute atomic E-state index is 0.0406. The Labute approximate surface area is 109 Å². The van der Waals surface area contributed by atoms with Crippen LogP contribution >= 0.6 is 0 Å². The van der Waals surface area contributed by atoms with Crippen molar-refractivity contribution >= 4 is 5.91 Å². The predicted molar refractivity (Wildman–Crippen MR) is 67.1 cm³/mol. The molecule has 6 heteroatoms. The monoisotopic (exact) mass is 261 g/mol. The maximum absolute atomic E-state index is 13.7. The van der Waals surface area contributed by atoms with Crippen LogP contribution in [0.4, 0.5) is 4.39 Å². The topological polar surface area (TPSA) is 91.2 Å². The number of aromatic nitrogens is 1. The number of hydrogen-bond acceptors (Lipinski definition) is 4. The first-order valence-electron chi connectivity index (χ1n) is 5.52. The van der Waals surface area contributed by atoms with Crippen molar-refractivity contribution in [3.05, 3.63) is 53.6 Å². The fraction of sp³-hybridized carbons (Fsp3) is 0.0769. The quantitative estimate of drug-likeness (QED) is 0.873. The fourth-order valence-electron chi connectivity index (χ4n) is 1.49. The summed E-state index contributed by atoms with van der Waals surface area (Å²) in [6.07, 6.45) is 1.36. The smallest absolute Gasteiger partial charge is 0.267 e. The Morgan fingerprint density at radius 3 is 2.74 bits per heavy atom. The number of hydrogen-bond donors (Lipinski definition) is 2. The molecule has 19 heavy (non-hydrogen) atoms. The maximum atomic E-state index is 13.7. The Balaban J connectivity index is 2.26. The van der Waals surface area contributed by atoms with Crippen LogP contribution in [0.2, 0.25) is 0 Å². The molecule has 2 aromatic rings. The molecule has 0 spiro atoms. The highest BCUT2D eigenvalue weighted by atomic mass is 19.1. The summed E-state index contributed by atoms with van der Waals surface area (Å²) in [5, 5.41) is 0. The standard InChI is InChI=1S/C13H12FN3O2/c14-10-5-8(7-15)1-2-12(10)19-9-3-4-17-11(6-9)13(16)18/h1-6H,7,15H2,(H2,16,18). The van der Waals surface area contributed by atoms with E-state index in [2.05, 4.69) is 4.98 Å². The van der Waals surface area contributed by atoms with Crippen LogP contribution in [0.3, 0.4) is 0 Å². The third kappa shape index (κ3) is 3.05. The van der Waals surface area contributed by atoms with E-state index in [0.29, 0.717) is 5.56 Å². The molecule has 1 heterocycles. The average Bonchev–Trinajstić information content (AvgIpc) is 2.41. The van der Waals surface area contributed by atoms with E-state index >= 15 is 0 Å². The third-order valence-corrected chi connectivity index (χ3v) is 2.44. The van der Waals surface area contributed by atoms with Gasteiger partial charge in [-0.3, -0.25) is 9.78 Å². The fourth-order valence-corrected chi connectivity index (χ4v) is 1.49. The van der Waals surface area contributed by atoms with E-state index in [1.807, 2.05) is 0 Å². The van der Waals surface area contributed by atoms with Gasteiger partial charge in [0.25, 0.3) is 5.91 Å². The van der Waals surface area contributed by atoms with Gasteiger partial charge in [0.05, 0.1) is 0 Å². The number of benzene rings is 1. The highest BCUT2D eigenvalue weighted by Gasteiger charge is 2.08. The number of rotatable bonds is 4. The Morgan fingerprint density at radius 2 is 2.11 bits per heavy atom. The lowest BCUT2D eigenvalue weighted by Gasteiger charge is -2.08. The minimum atomic E-state index is -0.676. The van der Waals surface area contributed by atoms with Crippen LogP contribution in [0.5, 0.6) is 11.5 Å². The molecule has 1 amide bonds. The van der Waals surface area contributed by atoms with E-state index in [-0.39, 0.29) is 23.7 Å². The average molecular weight is 261 g/mol. The molecular weight excluding hydrogens is 249 g/mol. The molecule has 1 aromatic carbocycles. The van der Waals surface area contributed by atoms with Gasteiger partial charge in [-0.15, -0.1) is 0 Å². The molecular formula is C13H12FN3O2. The molecule has 98 valence electrons. The Bertz CT molecular complexity index is 617. The third-order valence-electron chi connectivity index (χ3n) is 2.44. The number of nitrogens with zero attached hydrogens (tertiary/aromatic N) is 1. The van der Waals surface area contributed by atoms with Gasteiger partial charge in [0.2, 0.25) is 0 Å².